The van der Waals surface area contributed by atoms with E-state index in [4.69, 9.17) is 0 Å². The Balaban J connectivity index is 3.40. The van der Waals surface area contributed by atoms with Crippen molar-refractivity contribution in [3.05, 3.63) is 34.9 Å². The molecule has 0 aliphatic carbocycles. The lowest BCUT2D eigenvalue weighted by atomic mass is 9.79. The van der Waals surface area contributed by atoms with Crippen molar-refractivity contribution in [2.24, 2.45) is 0 Å². The zero-order valence-electron chi connectivity index (χ0n) is 12.8. The molecule has 0 bridgehead atoms. The number of hydrogen-bond donors (Lipinski definition) is 3. The van der Waals surface area contributed by atoms with Crippen molar-refractivity contribution in [3.63, 3.8) is 0 Å². The summed E-state index contributed by atoms with van der Waals surface area (Å²) in [5, 5.41) is 9.51. The first kappa shape index (κ1) is 17.4. The van der Waals surface area contributed by atoms with Crippen molar-refractivity contribution in [2.45, 2.75) is 51.6 Å². The van der Waals surface area contributed by atoms with E-state index in [0.717, 1.165) is 11.1 Å². The van der Waals surface area contributed by atoms with E-state index in [9.17, 15) is 19.5 Å². The minimum absolute atomic E-state index is 0.0179. The molecule has 0 atom stereocenters. The standard InChI is InChI=1S/C15H25O4P/c1-14(2,3)12-6-11(9-20(17,18)19)7-13(8-12)15(4,5)10-16/h6-8,16H,9-10H2,1-5H3,(H2,17,18,19). The summed E-state index contributed by atoms with van der Waals surface area (Å²) < 4.78 is 11.2. The number of aliphatic hydroxyl groups is 1. The van der Waals surface area contributed by atoms with Gasteiger partial charge in [0, 0.05) is 5.41 Å². The molecule has 0 fully saturated rings. The third-order valence-electron chi connectivity index (χ3n) is 3.42. The third-order valence-corrected chi connectivity index (χ3v) is 4.20. The molecule has 4 nitrogen and oxygen atoms in total. The van der Waals surface area contributed by atoms with E-state index in [1.165, 1.54) is 0 Å². The van der Waals surface area contributed by atoms with E-state index >= 15 is 0 Å². The molecule has 0 spiro atoms. The lowest BCUT2D eigenvalue weighted by Crippen LogP contribution is -2.23. The first-order valence-corrected chi connectivity index (χ1v) is 8.45. The van der Waals surface area contributed by atoms with Gasteiger partial charge in [0.1, 0.15) is 0 Å². The molecule has 0 aromatic heterocycles. The molecule has 0 aliphatic heterocycles. The minimum atomic E-state index is -4.10. The summed E-state index contributed by atoms with van der Waals surface area (Å²) in [7, 11) is -4.10. The molecule has 5 heteroatoms. The fourth-order valence-electron chi connectivity index (χ4n) is 1.94. The van der Waals surface area contributed by atoms with Gasteiger partial charge in [0.15, 0.2) is 0 Å². The number of aliphatic hydroxyl groups excluding tert-OH is 1. The normalized spacial score (nSPS) is 13.6. The van der Waals surface area contributed by atoms with E-state index < -0.39 is 13.0 Å². The van der Waals surface area contributed by atoms with Crippen LogP contribution in [0.1, 0.15) is 51.3 Å². The molecule has 3 N–H and O–H groups in total. The van der Waals surface area contributed by atoms with Gasteiger partial charge < -0.3 is 14.9 Å². The Hall–Kier alpha value is -0.670. The van der Waals surface area contributed by atoms with Gasteiger partial charge in [-0.05, 0) is 22.1 Å². The van der Waals surface area contributed by atoms with Crippen LogP contribution in [0.25, 0.3) is 0 Å². The molecule has 0 aliphatic rings. The highest BCUT2D eigenvalue weighted by molar-refractivity contribution is 7.50. The summed E-state index contributed by atoms with van der Waals surface area (Å²) in [6.07, 6.45) is -0.272. The summed E-state index contributed by atoms with van der Waals surface area (Å²) in [6, 6.07) is 5.64. The Bertz CT molecular complexity index is 523. The van der Waals surface area contributed by atoms with Crippen molar-refractivity contribution in [1.29, 1.82) is 0 Å². The van der Waals surface area contributed by atoms with Gasteiger partial charge >= 0.3 is 7.60 Å². The van der Waals surface area contributed by atoms with Gasteiger partial charge in [-0.25, -0.2) is 0 Å². The smallest absolute Gasteiger partial charge is 0.329 e. The fraction of sp³-hybridized carbons (Fsp3) is 0.600. The van der Waals surface area contributed by atoms with Crippen LogP contribution in [0.2, 0.25) is 0 Å². The maximum atomic E-state index is 11.2. The predicted molar refractivity (Wildman–Crippen MR) is 81.0 cm³/mol. The molecule has 0 unspecified atom stereocenters. The lowest BCUT2D eigenvalue weighted by molar-refractivity contribution is 0.218. The largest absolute Gasteiger partial charge is 0.395 e. The van der Waals surface area contributed by atoms with Crippen molar-refractivity contribution in [3.8, 4) is 0 Å². The molecule has 1 aromatic carbocycles. The zero-order chi connectivity index (χ0) is 15.8. The second kappa shape index (κ2) is 5.61. The molecular weight excluding hydrogens is 275 g/mol. The van der Waals surface area contributed by atoms with Crippen LogP contribution in [0.3, 0.4) is 0 Å². The minimum Gasteiger partial charge on any atom is -0.395 e. The van der Waals surface area contributed by atoms with Crippen LogP contribution in [-0.2, 0) is 21.6 Å². The van der Waals surface area contributed by atoms with Crippen LogP contribution in [0, 0.1) is 0 Å². The predicted octanol–water partition coefficient (Wildman–Crippen LogP) is 2.93. The topological polar surface area (TPSA) is 77.8 Å². The maximum absolute atomic E-state index is 11.2. The Morgan fingerprint density at radius 1 is 1.00 bits per heavy atom. The molecule has 0 amide bonds. The van der Waals surface area contributed by atoms with Gasteiger partial charge in [-0.1, -0.05) is 52.8 Å². The van der Waals surface area contributed by atoms with E-state index in [1.807, 2.05) is 26.0 Å². The first-order valence-electron chi connectivity index (χ1n) is 6.65. The summed E-state index contributed by atoms with van der Waals surface area (Å²) in [4.78, 5) is 18.4. The quantitative estimate of drug-likeness (QED) is 0.747. The number of rotatable bonds is 4. The molecule has 1 rings (SSSR count). The van der Waals surface area contributed by atoms with Gasteiger partial charge in [-0.3, -0.25) is 4.57 Å². The number of benzene rings is 1. The Morgan fingerprint density at radius 2 is 1.50 bits per heavy atom. The van der Waals surface area contributed by atoms with Crippen LogP contribution in [-0.4, -0.2) is 21.5 Å². The molecule has 0 saturated carbocycles. The van der Waals surface area contributed by atoms with Gasteiger partial charge in [-0.2, -0.15) is 0 Å². The zero-order valence-corrected chi connectivity index (χ0v) is 13.7. The van der Waals surface area contributed by atoms with E-state index in [2.05, 4.69) is 20.8 Å². The molecule has 0 radical (unpaired) electrons. The molecule has 20 heavy (non-hydrogen) atoms. The highest BCUT2D eigenvalue weighted by atomic mass is 31.2. The maximum Gasteiger partial charge on any atom is 0.329 e. The average Bonchev–Trinajstić information content (AvgIpc) is 2.25. The summed E-state index contributed by atoms with van der Waals surface area (Å²) in [5.74, 6) is 0. The Kier molecular flexibility index (Phi) is 4.87. The van der Waals surface area contributed by atoms with Crippen LogP contribution in [0.4, 0.5) is 0 Å². The Morgan fingerprint density at radius 3 is 1.90 bits per heavy atom. The molecular formula is C15H25O4P. The fourth-order valence-corrected chi connectivity index (χ4v) is 2.59. The van der Waals surface area contributed by atoms with Crippen molar-refractivity contribution < 1.29 is 19.5 Å². The van der Waals surface area contributed by atoms with Gasteiger partial charge in [0.2, 0.25) is 0 Å². The molecule has 0 heterocycles. The van der Waals surface area contributed by atoms with E-state index in [0.29, 0.717) is 5.56 Å². The second-order valence-electron chi connectivity index (χ2n) is 7.03. The SMILES string of the molecule is CC(C)(C)c1cc(CP(=O)(O)O)cc(C(C)(C)CO)c1. The summed E-state index contributed by atoms with van der Waals surface area (Å²) >= 11 is 0. The van der Waals surface area contributed by atoms with Crippen molar-refractivity contribution in [1.82, 2.24) is 0 Å². The van der Waals surface area contributed by atoms with Crippen LogP contribution < -0.4 is 0 Å². The van der Waals surface area contributed by atoms with Crippen molar-refractivity contribution >= 4 is 7.60 Å². The molecule has 114 valence electrons. The summed E-state index contributed by atoms with van der Waals surface area (Å²) in [5.41, 5.74) is 1.97. The first-order chi connectivity index (χ1) is 8.85. The lowest BCUT2D eigenvalue weighted by Gasteiger charge is -2.27. The Labute approximate surface area is 121 Å². The van der Waals surface area contributed by atoms with Crippen LogP contribution in [0.5, 0.6) is 0 Å². The second-order valence-corrected chi connectivity index (χ2v) is 8.68. The van der Waals surface area contributed by atoms with E-state index in [1.54, 1.807) is 6.07 Å². The molecule has 0 saturated heterocycles. The van der Waals surface area contributed by atoms with Crippen molar-refractivity contribution in [2.75, 3.05) is 6.61 Å². The van der Waals surface area contributed by atoms with Gasteiger partial charge in [-0.15, -0.1) is 0 Å². The van der Waals surface area contributed by atoms with Crippen LogP contribution >= 0.6 is 7.60 Å². The highest BCUT2D eigenvalue weighted by Gasteiger charge is 2.25. The number of hydrogen-bond acceptors (Lipinski definition) is 2. The van der Waals surface area contributed by atoms with Gasteiger partial charge in [0.05, 0.1) is 12.8 Å². The summed E-state index contributed by atoms with van der Waals surface area (Å²) in [6.45, 7) is 9.97. The van der Waals surface area contributed by atoms with Gasteiger partial charge in [0.25, 0.3) is 0 Å². The highest BCUT2D eigenvalue weighted by Crippen LogP contribution is 2.41. The third kappa shape index (κ3) is 4.71. The monoisotopic (exact) mass is 300 g/mol. The van der Waals surface area contributed by atoms with Crippen LogP contribution in [0.15, 0.2) is 18.2 Å². The average molecular weight is 300 g/mol. The molecule has 1 aromatic rings. The van der Waals surface area contributed by atoms with E-state index in [-0.39, 0.29) is 18.2 Å².